The van der Waals surface area contributed by atoms with Gasteiger partial charge in [-0.05, 0) is 82.2 Å². The molecule has 37 heavy (non-hydrogen) atoms. The van der Waals surface area contributed by atoms with Gasteiger partial charge in [-0.2, -0.15) is 4.98 Å². The van der Waals surface area contributed by atoms with Gasteiger partial charge in [-0.15, -0.1) is 0 Å². The van der Waals surface area contributed by atoms with E-state index in [2.05, 4.69) is 40.0 Å². The van der Waals surface area contributed by atoms with Crippen molar-refractivity contribution in [3.05, 3.63) is 46.6 Å². The fourth-order valence-electron chi connectivity index (χ4n) is 6.13. The lowest BCUT2D eigenvalue weighted by atomic mass is 9.75. The smallest absolute Gasteiger partial charge is 0.298 e. The molecule has 0 bridgehead atoms. The van der Waals surface area contributed by atoms with Crippen LogP contribution in [0.5, 0.6) is 5.75 Å². The third-order valence-corrected chi connectivity index (χ3v) is 8.81. The minimum atomic E-state index is -0.469. The van der Waals surface area contributed by atoms with Crippen LogP contribution in [0.4, 0.5) is 16.1 Å². The lowest BCUT2D eigenvalue weighted by Crippen LogP contribution is -2.56. The van der Waals surface area contributed by atoms with Crippen LogP contribution < -0.4 is 15.0 Å². The van der Waals surface area contributed by atoms with Gasteiger partial charge in [0.05, 0.1) is 6.54 Å². The maximum absolute atomic E-state index is 15.0. The number of allylic oxidation sites excluding steroid dienone is 1. The van der Waals surface area contributed by atoms with Gasteiger partial charge in [-0.1, -0.05) is 19.4 Å². The van der Waals surface area contributed by atoms with E-state index in [1.54, 1.807) is 6.07 Å². The van der Waals surface area contributed by atoms with E-state index in [-0.39, 0.29) is 23.5 Å². The Labute approximate surface area is 218 Å². The number of anilines is 2. The molecule has 1 aromatic heterocycles. The second kappa shape index (κ2) is 9.46. The molecule has 2 aromatic rings. The number of fused-ring (bicyclic) bond motifs is 1. The second-order valence-electron chi connectivity index (χ2n) is 11.4. The Morgan fingerprint density at radius 2 is 2.00 bits per heavy atom. The number of nitrogens with zero attached hydrogens (tertiary/aromatic N) is 3. The van der Waals surface area contributed by atoms with Crippen LogP contribution in [0.1, 0.15) is 74.2 Å². The average molecular weight is 509 g/mol. The first-order valence-electron chi connectivity index (χ1n) is 13.8. The van der Waals surface area contributed by atoms with Crippen LogP contribution in [0.15, 0.2) is 28.2 Å². The number of amides is 1. The number of hydrogen-bond donors (Lipinski definition) is 1. The predicted octanol–water partition coefficient (Wildman–Crippen LogP) is 5.69. The summed E-state index contributed by atoms with van der Waals surface area (Å²) in [4.78, 5) is 22.4. The summed E-state index contributed by atoms with van der Waals surface area (Å²) in [7, 11) is 0. The normalized spacial score (nSPS) is 24.0. The molecule has 2 aliphatic heterocycles. The number of carbonyl (C=O) groups is 1. The maximum Gasteiger partial charge on any atom is 0.298 e. The van der Waals surface area contributed by atoms with E-state index in [4.69, 9.17) is 9.15 Å². The molecular formula is C29H37FN4O3. The predicted molar refractivity (Wildman–Crippen MR) is 141 cm³/mol. The molecule has 0 radical (unpaired) electrons. The van der Waals surface area contributed by atoms with Crippen LogP contribution in [-0.4, -0.2) is 48.1 Å². The van der Waals surface area contributed by atoms with Crippen LogP contribution in [-0.2, 0) is 6.54 Å². The topological polar surface area (TPSA) is 70.8 Å². The molecule has 1 saturated carbocycles. The van der Waals surface area contributed by atoms with Crippen molar-refractivity contribution >= 4 is 17.6 Å². The van der Waals surface area contributed by atoms with Crippen LogP contribution in [0.25, 0.3) is 0 Å². The molecule has 2 atom stereocenters. The van der Waals surface area contributed by atoms with Crippen LogP contribution in [0.2, 0.25) is 0 Å². The standard InChI is InChI=1S/C29H37FN4O3/c1-4-29(5-2)16-34(17-29)28-32-25(24(37-28)15-33-8-6-7-9-33)27(35)31-21-10-18(3)26(23(30)14-21)36-22-12-19-11-20(19)13-22/h10,12,14,20,22H,4-9,11,13,15-17H2,1-3H3,(H,31,35)/t20?,22-/m1/s1. The van der Waals surface area contributed by atoms with Gasteiger partial charge in [0.2, 0.25) is 0 Å². The van der Waals surface area contributed by atoms with Gasteiger partial charge in [0, 0.05) is 30.3 Å². The zero-order valence-electron chi connectivity index (χ0n) is 22.1. The van der Waals surface area contributed by atoms with Gasteiger partial charge in [0.1, 0.15) is 6.10 Å². The summed E-state index contributed by atoms with van der Waals surface area (Å²) in [6.07, 6.45) is 8.65. The molecule has 3 heterocycles. The quantitative estimate of drug-likeness (QED) is 0.439. The number of benzene rings is 1. The van der Waals surface area contributed by atoms with Crippen molar-refractivity contribution in [1.29, 1.82) is 0 Å². The number of aryl methyl sites for hydroxylation is 1. The molecule has 3 fully saturated rings. The molecule has 2 aliphatic carbocycles. The first-order chi connectivity index (χ1) is 17.9. The molecule has 198 valence electrons. The summed E-state index contributed by atoms with van der Waals surface area (Å²) in [6.45, 7) is 10.5. The summed E-state index contributed by atoms with van der Waals surface area (Å²) < 4.78 is 27.2. The van der Waals surface area contributed by atoms with Gasteiger partial charge in [0.15, 0.2) is 23.0 Å². The van der Waals surface area contributed by atoms with Gasteiger partial charge in [0.25, 0.3) is 11.9 Å². The fourth-order valence-corrected chi connectivity index (χ4v) is 6.13. The molecule has 2 saturated heterocycles. The highest BCUT2D eigenvalue weighted by Gasteiger charge is 2.43. The molecule has 1 unspecified atom stereocenters. The number of ether oxygens (including phenoxy) is 1. The Hall–Kier alpha value is -2.87. The minimum Gasteiger partial charge on any atom is -0.483 e. The Morgan fingerprint density at radius 3 is 2.65 bits per heavy atom. The number of carbonyl (C=O) groups excluding carboxylic acids is 1. The minimum absolute atomic E-state index is 0.0650. The number of rotatable bonds is 9. The van der Waals surface area contributed by atoms with E-state index in [9.17, 15) is 4.79 Å². The third-order valence-electron chi connectivity index (χ3n) is 8.81. The van der Waals surface area contributed by atoms with Gasteiger partial charge in [-0.3, -0.25) is 9.69 Å². The first kappa shape index (κ1) is 24.5. The van der Waals surface area contributed by atoms with E-state index in [1.807, 2.05) is 6.92 Å². The number of oxazole rings is 1. The highest BCUT2D eigenvalue weighted by atomic mass is 19.1. The van der Waals surface area contributed by atoms with Gasteiger partial charge in [-0.25, -0.2) is 4.39 Å². The van der Waals surface area contributed by atoms with Crippen molar-refractivity contribution in [3.8, 4) is 5.75 Å². The molecule has 4 aliphatic rings. The monoisotopic (exact) mass is 508 g/mol. The Balaban J connectivity index is 1.19. The first-order valence-corrected chi connectivity index (χ1v) is 13.8. The SMILES string of the molecule is CCC1(CC)CN(c2nc(C(=O)Nc3cc(C)c(O[C@@H]4C=C5CC5C4)c(F)c3)c(CN3CCCC3)o2)C1. The molecule has 1 aromatic carbocycles. The third kappa shape index (κ3) is 4.76. The summed E-state index contributed by atoms with van der Waals surface area (Å²) in [5, 5.41) is 2.86. The van der Waals surface area contributed by atoms with Gasteiger partial charge < -0.3 is 19.4 Å². The number of likely N-dealkylation sites (tertiary alicyclic amines) is 1. The van der Waals surface area contributed by atoms with Gasteiger partial charge >= 0.3 is 0 Å². The number of aromatic nitrogens is 1. The number of nitrogens with one attached hydrogen (secondary N) is 1. The van der Waals surface area contributed by atoms with Crippen molar-refractivity contribution in [2.75, 3.05) is 36.4 Å². The zero-order valence-corrected chi connectivity index (χ0v) is 22.1. The van der Waals surface area contributed by atoms with Crippen molar-refractivity contribution in [2.45, 2.75) is 71.9 Å². The zero-order chi connectivity index (χ0) is 25.7. The average Bonchev–Trinajstić information content (AvgIpc) is 3.24. The lowest BCUT2D eigenvalue weighted by Gasteiger charge is -2.49. The number of halogens is 1. The summed E-state index contributed by atoms with van der Waals surface area (Å²) >= 11 is 0. The molecule has 1 N–H and O–H groups in total. The summed E-state index contributed by atoms with van der Waals surface area (Å²) in [5.41, 5.74) is 3.04. The fraction of sp³-hybridized carbons (Fsp3) is 0.586. The Bertz CT molecular complexity index is 1200. The molecule has 6 rings (SSSR count). The Kier molecular flexibility index (Phi) is 6.25. The number of hydrogen-bond acceptors (Lipinski definition) is 6. The van der Waals surface area contributed by atoms with E-state index in [0.717, 1.165) is 64.7 Å². The molecule has 7 nitrogen and oxygen atoms in total. The highest BCUT2D eigenvalue weighted by molar-refractivity contribution is 6.03. The molecule has 0 spiro atoms. The summed E-state index contributed by atoms with van der Waals surface area (Å²) in [6, 6.07) is 3.59. The van der Waals surface area contributed by atoms with E-state index in [1.165, 1.54) is 11.6 Å². The van der Waals surface area contributed by atoms with Crippen molar-refractivity contribution in [2.24, 2.45) is 11.3 Å². The molecular weight excluding hydrogens is 471 g/mol. The van der Waals surface area contributed by atoms with Crippen LogP contribution in [0.3, 0.4) is 0 Å². The Morgan fingerprint density at radius 1 is 1.24 bits per heavy atom. The largest absolute Gasteiger partial charge is 0.483 e. The highest BCUT2D eigenvalue weighted by Crippen LogP contribution is 2.48. The maximum atomic E-state index is 15.0. The van der Waals surface area contributed by atoms with E-state index in [0.29, 0.717) is 40.9 Å². The molecule has 8 heteroatoms. The van der Waals surface area contributed by atoms with Crippen molar-refractivity contribution in [3.63, 3.8) is 0 Å². The van der Waals surface area contributed by atoms with Crippen LogP contribution >= 0.6 is 0 Å². The van der Waals surface area contributed by atoms with E-state index >= 15 is 4.39 Å². The second-order valence-corrected chi connectivity index (χ2v) is 11.4. The molecule has 1 amide bonds. The van der Waals surface area contributed by atoms with Crippen LogP contribution in [0, 0.1) is 24.1 Å². The lowest BCUT2D eigenvalue weighted by molar-refractivity contribution is 0.101. The van der Waals surface area contributed by atoms with Crippen molar-refractivity contribution < 1.29 is 18.3 Å². The van der Waals surface area contributed by atoms with E-state index < -0.39 is 5.82 Å². The summed E-state index contributed by atoms with van der Waals surface area (Å²) in [5.74, 6) is 0.613. The van der Waals surface area contributed by atoms with Crippen molar-refractivity contribution in [1.82, 2.24) is 9.88 Å².